The lowest BCUT2D eigenvalue weighted by atomic mass is 10.4. The number of carbonyl (C=O) groups excluding carboxylic acids is 2. The van der Waals surface area contributed by atoms with E-state index >= 15 is 0 Å². The highest BCUT2D eigenvalue weighted by atomic mass is 16.6. The number of hydrogen-bond donors (Lipinski definition) is 0. The molecule has 0 rings (SSSR count). The molecule has 0 aromatic heterocycles. The van der Waals surface area contributed by atoms with Gasteiger partial charge in [0.15, 0.2) is 0 Å². The Bertz CT molecular complexity index is 153. The van der Waals surface area contributed by atoms with E-state index < -0.39 is 12.1 Å². The van der Waals surface area contributed by atoms with Crippen LogP contribution in [0.2, 0.25) is 0 Å². The molecule has 0 aliphatic carbocycles. The lowest BCUT2D eigenvalue weighted by molar-refractivity contribution is -0.148. The third-order valence-electron chi connectivity index (χ3n) is 0.883. The first kappa shape index (κ1) is 9.68. The van der Waals surface area contributed by atoms with Gasteiger partial charge in [-0.2, -0.15) is 0 Å². The Labute approximate surface area is 64.8 Å². The molecule has 0 radical (unpaired) electrons. The zero-order chi connectivity index (χ0) is 8.69. The van der Waals surface area contributed by atoms with Crippen molar-refractivity contribution < 1.29 is 19.1 Å². The van der Waals surface area contributed by atoms with E-state index in [0.29, 0.717) is 6.47 Å². The molecule has 0 saturated heterocycles. The summed E-state index contributed by atoms with van der Waals surface area (Å²) in [4.78, 5) is 20.2. The smallest absolute Gasteiger partial charge is 0.330 e. The maximum Gasteiger partial charge on any atom is 0.330 e. The van der Waals surface area contributed by atoms with Crippen molar-refractivity contribution in [1.82, 2.24) is 0 Å². The van der Waals surface area contributed by atoms with Gasteiger partial charge < -0.3 is 9.47 Å². The molecule has 0 aliphatic heterocycles. The standard InChI is InChI=1S/C7H10O4/c1-3-7(9)11-6(2)4-10-5-8/h3,5-6H,1,4H2,2H3. The molecule has 4 nitrogen and oxygen atoms in total. The lowest BCUT2D eigenvalue weighted by Gasteiger charge is -2.09. The van der Waals surface area contributed by atoms with Gasteiger partial charge in [-0.15, -0.1) is 0 Å². The highest BCUT2D eigenvalue weighted by Crippen LogP contribution is 1.91. The molecular weight excluding hydrogens is 148 g/mol. The normalized spacial score (nSPS) is 11.4. The molecule has 0 aromatic carbocycles. The van der Waals surface area contributed by atoms with Crippen molar-refractivity contribution in [2.45, 2.75) is 13.0 Å². The van der Waals surface area contributed by atoms with Crippen molar-refractivity contribution in [3.8, 4) is 0 Å². The zero-order valence-electron chi connectivity index (χ0n) is 6.28. The maximum atomic E-state index is 10.5. The van der Waals surface area contributed by atoms with Crippen molar-refractivity contribution >= 4 is 12.4 Å². The van der Waals surface area contributed by atoms with Crippen LogP contribution in [0.3, 0.4) is 0 Å². The van der Waals surface area contributed by atoms with Crippen molar-refractivity contribution in [1.29, 1.82) is 0 Å². The van der Waals surface area contributed by atoms with E-state index in [-0.39, 0.29) is 6.61 Å². The van der Waals surface area contributed by atoms with Crippen LogP contribution in [-0.4, -0.2) is 25.2 Å². The third-order valence-corrected chi connectivity index (χ3v) is 0.883. The lowest BCUT2D eigenvalue weighted by Crippen LogP contribution is -2.18. The van der Waals surface area contributed by atoms with Crippen LogP contribution >= 0.6 is 0 Å². The van der Waals surface area contributed by atoms with E-state index in [1.807, 2.05) is 0 Å². The SMILES string of the molecule is C=CC(=O)OC(C)COC=O. The minimum Gasteiger partial charge on any atom is -0.464 e. The van der Waals surface area contributed by atoms with Gasteiger partial charge in [-0.05, 0) is 6.92 Å². The monoisotopic (exact) mass is 158 g/mol. The molecule has 62 valence electrons. The maximum absolute atomic E-state index is 10.5. The van der Waals surface area contributed by atoms with Gasteiger partial charge in [0.2, 0.25) is 0 Å². The van der Waals surface area contributed by atoms with Crippen LogP contribution in [0.4, 0.5) is 0 Å². The summed E-state index contributed by atoms with van der Waals surface area (Å²) in [6.07, 6.45) is 0.628. The molecular formula is C7H10O4. The van der Waals surface area contributed by atoms with E-state index in [2.05, 4.69) is 16.1 Å². The predicted molar refractivity (Wildman–Crippen MR) is 37.8 cm³/mol. The number of carbonyl (C=O) groups is 2. The van der Waals surface area contributed by atoms with Gasteiger partial charge >= 0.3 is 5.97 Å². The number of hydrogen-bond acceptors (Lipinski definition) is 4. The molecule has 0 aromatic rings. The predicted octanol–water partition coefficient (Wildman–Crippen LogP) is 0.277. The van der Waals surface area contributed by atoms with Crippen LogP contribution in [0.1, 0.15) is 6.92 Å². The van der Waals surface area contributed by atoms with E-state index in [4.69, 9.17) is 0 Å². The van der Waals surface area contributed by atoms with Crippen LogP contribution in [0.25, 0.3) is 0 Å². The Morgan fingerprint density at radius 3 is 2.82 bits per heavy atom. The summed E-state index contributed by atoms with van der Waals surface area (Å²) in [5.74, 6) is -0.521. The molecule has 0 bridgehead atoms. The summed E-state index contributed by atoms with van der Waals surface area (Å²) in [5, 5.41) is 0. The highest BCUT2D eigenvalue weighted by molar-refractivity contribution is 5.81. The topological polar surface area (TPSA) is 52.6 Å². The summed E-state index contributed by atoms with van der Waals surface area (Å²) >= 11 is 0. The molecule has 1 unspecified atom stereocenters. The van der Waals surface area contributed by atoms with Crippen molar-refractivity contribution in [2.75, 3.05) is 6.61 Å². The fourth-order valence-corrected chi connectivity index (χ4v) is 0.455. The van der Waals surface area contributed by atoms with Crippen molar-refractivity contribution in [3.63, 3.8) is 0 Å². The Hall–Kier alpha value is -1.32. The molecule has 0 saturated carbocycles. The quantitative estimate of drug-likeness (QED) is 0.327. The molecule has 4 heteroatoms. The van der Waals surface area contributed by atoms with Crippen molar-refractivity contribution in [2.24, 2.45) is 0 Å². The summed E-state index contributed by atoms with van der Waals surface area (Å²) in [5.41, 5.74) is 0. The second-order valence-corrected chi connectivity index (χ2v) is 1.88. The Kier molecular flexibility index (Phi) is 4.81. The van der Waals surface area contributed by atoms with Gasteiger partial charge in [0.1, 0.15) is 12.7 Å². The average Bonchev–Trinajstić information content (AvgIpc) is 2.00. The highest BCUT2D eigenvalue weighted by Gasteiger charge is 2.05. The summed E-state index contributed by atoms with van der Waals surface area (Å²) in [6, 6.07) is 0. The molecule has 0 spiro atoms. The van der Waals surface area contributed by atoms with Crippen LogP contribution in [0.15, 0.2) is 12.7 Å². The summed E-state index contributed by atoms with van der Waals surface area (Å²) < 4.78 is 9.01. The number of rotatable bonds is 5. The molecule has 0 amide bonds. The molecule has 0 heterocycles. The molecule has 0 fully saturated rings. The van der Waals surface area contributed by atoms with Crippen molar-refractivity contribution in [3.05, 3.63) is 12.7 Å². The molecule has 1 atom stereocenters. The van der Waals surface area contributed by atoms with Gasteiger partial charge in [0.25, 0.3) is 6.47 Å². The minimum absolute atomic E-state index is 0.0725. The van der Waals surface area contributed by atoms with Crippen LogP contribution in [-0.2, 0) is 19.1 Å². The minimum atomic E-state index is -0.521. The first-order chi connectivity index (χ1) is 5.20. The number of esters is 1. The molecule has 0 aliphatic rings. The van der Waals surface area contributed by atoms with Crippen LogP contribution in [0, 0.1) is 0 Å². The second-order valence-electron chi connectivity index (χ2n) is 1.88. The Morgan fingerprint density at radius 2 is 2.36 bits per heavy atom. The van der Waals surface area contributed by atoms with E-state index in [0.717, 1.165) is 6.08 Å². The largest absolute Gasteiger partial charge is 0.464 e. The van der Waals surface area contributed by atoms with Gasteiger partial charge in [0.05, 0.1) is 0 Å². The Balaban J connectivity index is 3.50. The zero-order valence-corrected chi connectivity index (χ0v) is 6.28. The average molecular weight is 158 g/mol. The number of ether oxygens (including phenoxy) is 2. The van der Waals surface area contributed by atoms with Crippen LogP contribution in [0.5, 0.6) is 0 Å². The second kappa shape index (κ2) is 5.46. The van der Waals surface area contributed by atoms with E-state index in [1.165, 1.54) is 0 Å². The first-order valence-electron chi connectivity index (χ1n) is 3.09. The van der Waals surface area contributed by atoms with Gasteiger partial charge in [0, 0.05) is 6.08 Å². The summed E-state index contributed by atoms with van der Waals surface area (Å²) in [6.45, 7) is 5.20. The molecule has 11 heavy (non-hydrogen) atoms. The fraction of sp³-hybridized carbons (Fsp3) is 0.429. The molecule has 0 N–H and O–H groups in total. The van der Waals surface area contributed by atoms with Crippen LogP contribution < -0.4 is 0 Å². The third kappa shape index (κ3) is 5.14. The first-order valence-corrected chi connectivity index (χ1v) is 3.09. The van der Waals surface area contributed by atoms with E-state index in [1.54, 1.807) is 6.92 Å². The van der Waals surface area contributed by atoms with E-state index in [9.17, 15) is 9.59 Å². The van der Waals surface area contributed by atoms with Gasteiger partial charge in [-0.3, -0.25) is 4.79 Å². The summed E-state index contributed by atoms with van der Waals surface area (Å²) in [7, 11) is 0. The fourth-order valence-electron chi connectivity index (χ4n) is 0.455. The van der Waals surface area contributed by atoms with Gasteiger partial charge in [-0.25, -0.2) is 4.79 Å². The van der Waals surface area contributed by atoms with Gasteiger partial charge in [-0.1, -0.05) is 6.58 Å². The Morgan fingerprint density at radius 1 is 1.73 bits per heavy atom.